The number of rotatable bonds is 18. The molecular formula is C41H55ClN6O7S. The minimum atomic E-state index is -3.75. The number of carbonyl (C=O) groups is 4. The lowest BCUT2D eigenvalue weighted by Crippen LogP contribution is -2.55. The van der Waals surface area contributed by atoms with E-state index in [1.54, 1.807) is 32.0 Å². The standard InChI is InChI=1S/C41H55ClN6O7S/c1-26(2)37(41(52)44-24-30-15-17-55-18-16-30)47-38(49)28(4)43-25-35(19-29-11-8-7-9-12-29)46-40(51)33-20-32(22-36(23-33)48(5)56(6,53)54)39(50)45-27(3)31-13-10-14-34(42)21-31/h7-14,20-23,26-28,30,35,37,43H,15-19,24-25H2,1-6H3,(H,44,52)(H,45,50)(H,46,51)(H,47,49)/t27-,28+,35+,37+/m1/s1. The second-order valence-corrected chi connectivity index (χ2v) is 17.2. The molecule has 4 atom stereocenters. The Morgan fingerprint density at radius 2 is 1.48 bits per heavy atom. The molecule has 3 aromatic rings. The molecule has 15 heteroatoms. The third kappa shape index (κ3) is 13.3. The van der Waals surface area contributed by atoms with Crippen molar-refractivity contribution in [1.82, 2.24) is 26.6 Å². The van der Waals surface area contributed by atoms with Crippen LogP contribution in [0, 0.1) is 11.8 Å². The summed E-state index contributed by atoms with van der Waals surface area (Å²) in [6.45, 7) is 9.28. The van der Waals surface area contributed by atoms with Crippen LogP contribution < -0.4 is 30.9 Å². The van der Waals surface area contributed by atoms with E-state index < -0.39 is 46.0 Å². The number of nitrogens with one attached hydrogen (secondary N) is 5. The summed E-state index contributed by atoms with van der Waals surface area (Å²) in [6.07, 6.45) is 3.18. The third-order valence-electron chi connectivity index (χ3n) is 9.88. The minimum absolute atomic E-state index is 0.0638. The summed E-state index contributed by atoms with van der Waals surface area (Å²) in [5.74, 6) is -1.49. The Bertz CT molecular complexity index is 1920. The van der Waals surface area contributed by atoms with Crippen LogP contribution >= 0.6 is 11.6 Å². The van der Waals surface area contributed by atoms with Crippen molar-refractivity contribution in [3.63, 3.8) is 0 Å². The first-order chi connectivity index (χ1) is 26.5. The fourth-order valence-corrected chi connectivity index (χ4v) is 6.94. The van der Waals surface area contributed by atoms with Crippen molar-refractivity contribution in [2.45, 2.75) is 71.1 Å². The molecule has 1 fully saturated rings. The van der Waals surface area contributed by atoms with Crippen LogP contribution in [0.3, 0.4) is 0 Å². The van der Waals surface area contributed by atoms with Gasteiger partial charge in [-0.3, -0.25) is 23.5 Å². The maximum atomic E-state index is 14.0. The molecule has 4 amide bonds. The zero-order valence-corrected chi connectivity index (χ0v) is 34.5. The molecule has 304 valence electrons. The number of carbonyl (C=O) groups excluding carboxylic acids is 4. The molecule has 1 saturated heterocycles. The first kappa shape index (κ1) is 44.2. The van der Waals surface area contributed by atoms with Crippen molar-refractivity contribution in [1.29, 1.82) is 0 Å². The Kier molecular flexibility index (Phi) is 16.3. The number of hydrogen-bond donors (Lipinski definition) is 5. The summed E-state index contributed by atoms with van der Waals surface area (Å²) >= 11 is 6.16. The summed E-state index contributed by atoms with van der Waals surface area (Å²) in [7, 11) is -2.41. The molecular weight excluding hydrogens is 756 g/mol. The molecule has 0 spiro atoms. The van der Waals surface area contributed by atoms with Crippen LogP contribution in [0.2, 0.25) is 5.02 Å². The average molecular weight is 811 g/mol. The van der Waals surface area contributed by atoms with E-state index in [2.05, 4.69) is 26.6 Å². The van der Waals surface area contributed by atoms with E-state index in [0.29, 0.717) is 37.1 Å². The smallest absolute Gasteiger partial charge is 0.251 e. The van der Waals surface area contributed by atoms with Gasteiger partial charge in [-0.1, -0.05) is 67.9 Å². The number of hydrogen-bond acceptors (Lipinski definition) is 8. The molecule has 13 nitrogen and oxygen atoms in total. The molecule has 3 aromatic carbocycles. The lowest BCUT2D eigenvalue weighted by molar-refractivity contribution is -0.131. The van der Waals surface area contributed by atoms with E-state index >= 15 is 0 Å². The highest BCUT2D eigenvalue weighted by Gasteiger charge is 2.28. The maximum Gasteiger partial charge on any atom is 0.251 e. The number of nitrogens with zero attached hydrogens (tertiary/aromatic N) is 1. The Balaban J connectivity index is 1.50. The number of anilines is 1. The van der Waals surface area contributed by atoms with Crippen LogP contribution in [-0.2, 0) is 30.8 Å². The second-order valence-electron chi connectivity index (χ2n) is 14.8. The summed E-state index contributed by atoms with van der Waals surface area (Å²) < 4.78 is 31.5. The zero-order chi connectivity index (χ0) is 41.0. The van der Waals surface area contributed by atoms with Gasteiger partial charge in [0.15, 0.2) is 0 Å². The lowest BCUT2D eigenvalue weighted by atomic mass is 9.99. The van der Waals surface area contributed by atoms with Gasteiger partial charge in [-0.05, 0) is 86.4 Å². The van der Waals surface area contributed by atoms with Crippen molar-refractivity contribution in [2.75, 3.05) is 43.9 Å². The van der Waals surface area contributed by atoms with Gasteiger partial charge >= 0.3 is 0 Å². The summed E-state index contributed by atoms with van der Waals surface area (Å²) in [4.78, 5) is 54.1. The Hall–Kier alpha value is -4.50. The summed E-state index contributed by atoms with van der Waals surface area (Å²) in [5, 5.41) is 15.5. The SMILES string of the molecule is CC(C)[C@H](NC(=O)[C@H](C)NC[C@H](Cc1ccccc1)NC(=O)c1cc(C(=O)N[C@H](C)c2cccc(Cl)c2)cc(N(C)S(C)(=O)=O)c1)C(=O)NCC1CCOCC1. The van der Waals surface area contributed by atoms with Gasteiger partial charge < -0.3 is 31.3 Å². The molecule has 0 bridgehead atoms. The van der Waals surface area contributed by atoms with Crippen molar-refractivity contribution >= 4 is 50.9 Å². The molecule has 0 unspecified atom stereocenters. The highest BCUT2D eigenvalue weighted by atomic mass is 35.5. The molecule has 0 radical (unpaired) electrons. The number of amides is 4. The van der Waals surface area contributed by atoms with Crippen LogP contribution in [0.5, 0.6) is 0 Å². The Morgan fingerprint density at radius 3 is 2.09 bits per heavy atom. The predicted molar refractivity (Wildman–Crippen MR) is 219 cm³/mol. The number of halogens is 1. The van der Waals surface area contributed by atoms with Gasteiger partial charge in [-0.15, -0.1) is 0 Å². The molecule has 1 aliphatic rings. The quantitative estimate of drug-likeness (QED) is 0.127. The molecule has 4 rings (SSSR count). The van der Waals surface area contributed by atoms with Crippen molar-refractivity contribution in [3.05, 3.63) is 100 Å². The number of benzene rings is 3. The van der Waals surface area contributed by atoms with Crippen LogP contribution in [0.25, 0.3) is 0 Å². The average Bonchev–Trinajstić information content (AvgIpc) is 3.17. The van der Waals surface area contributed by atoms with E-state index in [9.17, 15) is 27.6 Å². The summed E-state index contributed by atoms with van der Waals surface area (Å²) in [5.41, 5.74) is 1.96. The number of ether oxygens (including phenoxy) is 1. The number of sulfonamides is 1. The van der Waals surface area contributed by atoms with E-state index in [-0.39, 0.29) is 41.1 Å². The van der Waals surface area contributed by atoms with Crippen molar-refractivity contribution < 1.29 is 32.3 Å². The van der Waals surface area contributed by atoms with Crippen LogP contribution in [-0.4, -0.2) is 89.8 Å². The minimum Gasteiger partial charge on any atom is -0.381 e. The van der Waals surface area contributed by atoms with Gasteiger partial charge in [0.2, 0.25) is 21.8 Å². The Labute approximate surface area is 335 Å². The third-order valence-corrected chi connectivity index (χ3v) is 11.3. The highest BCUT2D eigenvalue weighted by molar-refractivity contribution is 7.92. The summed E-state index contributed by atoms with van der Waals surface area (Å²) in [6, 6.07) is 18.4. The van der Waals surface area contributed by atoms with Crippen LogP contribution in [0.1, 0.15) is 78.4 Å². The van der Waals surface area contributed by atoms with E-state index in [4.69, 9.17) is 16.3 Å². The van der Waals surface area contributed by atoms with Crippen molar-refractivity contribution in [3.8, 4) is 0 Å². The molecule has 1 heterocycles. The monoisotopic (exact) mass is 810 g/mol. The molecule has 0 saturated carbocycles. The zero-order valence-electron chi connectivity index (χ0n) is 32.9. The lowest BCUT2D eigenvalue weighted by Gasteiger charge is -2.27. The van der Waals surface area contributed by atoms with Crippen LogP contribution in [0.4, 0.5) is 5.69 Å². The van der Waals surface area contributed by atoms with Gasteiger partial charge in [-0.2, -0.15) is 0 Å². The van der Waals surface area contributed by atoms with Gasteiger partial charge in [-0.25, -0.2) is 8.42 Å². The molecule has 0 aromatic heterocycles. The van der Waals surface area contributed by atoms with Gasteiger partial charge in [0.25, 0.3) is 11.8 Å². The maximum absolute atomic E-state index is 14.0. The normalized spacial score (nSPS) is 15.6. The fraction of sp³-hybridized carbons (Fsp3) is 0.463. The highest BCUT2D eigenvalue weighted by Crippen LogP contribution is 2.23. The van der Waals surface area contributed by atoms with E-state index in [1.807, 2.05) is 50.2 Å². The fourth-order valence-electron chi connectivity index (χ4n) is 6.26. The van der Waals surface area contributed by atoms with Crippen LogP contribution in [0.15, 0.2) is 72.8 Å². The van der Waals surface area contributed by atoms with Gasteiger partial charge in [0.05, 0.1) is 24.0 Å². The largest absolute Gasteiger partial charge is 0.381 e. The molecule has 1 aliphatic heterocycles. The van der Waals surface area contributed by atoms with Gasteiger partial charge in [0.1, 0.15) is 6.04 Å². The first-order valence-corrected chi connectivity index (χ1v) is 21.1. The second kappa shape index (κ2) is 20.6. The van der Waals surface area contributed by atoms with Gasteiger partial charge in [0, 0.05) is 55.5 Å². The van der Waals surface area contributed by atoms with Crippen molar-refractivity contribution in [2.24, 2.45) is 11.8 Å². The Morgan fingerprint density at radius 1 is 0.839 bits per heavy atom. The topological polar surface area (TPSA) is 175 Å². The molecule has 56 heavy (non-hydrogen) atoms. The van der Waals surface area contributed by atoms with E-state index in [0.717, 1.165) is 34.5 Å². The first-order valence-electron chi connectivity index (χ1n) is 18.9. The molecule has 0 aliphatic carbocycles. The molecule has 5 N–H and O–H groups in total. The predicted octanol–water partition coefficient (Wildman–Crippen LogP) is 4.23. The van der Waals surface area contributed by atoms with E-state index in [1.165, 1.54) is 25.2 Å².